The highest BCUT2D eigenvalue weighted by atomic mass is 15.0. The first-order valence-corrected chi connectivity index (χ1v) is 8.42. The second-order valence-electron chi connectivity index (χ2n) is 6.27. The van der Waals surface area contributed by atoms with Crippen LogP contribution < -0.4 is 5.32 Å². The van der Waals surface area contributed by atoms with Gasteiger partial charge in [-0.3, -0.25) is 4.98 Å². The summed E-state index contributed by atoms with van der Waals surface area (Å²) >= 11 is 0. The van der Waals surface area contributed by atoms with Crippen LogP contribution in [0.5, 0.6) is 0 Å². The van der Waals surface area contributed by atoms with Gasteiger partial charge in [0.25, 0.3) is 0 Å². The van der Waals surface area contributed by atoms with Crippen molar-refractivity contribution in [2.24, 2.45) is 0 Å². The number of fused-ring (bicyclic) bond motifs is 1. The first-order chi connectivity index (χ1) is 12.2. The van der Waals surface area contributed by atoms with E-state index >= 15 is 0 Å². The fourth-order valence-electron chi connectivity index (χ4n) is 2.98. The van der Waals surface area contributed by atoms with Crippen molar-refractivity contribution in [2.75, 3.05) is 5.32 Å². The molecule has 4 nitrogen and oxygen atoms in total. The standard InChI is InChI=1S/C21H20N4/c1-15-13-18(10-11-22-15)16(2)23-19-8-6-17(7-9-19)20-14-25-12-4-3-5-21(25)24-20/h3-14,16,23H,1-2H3. The van der Waals surface area contributed by atoms with Gasteiger partial charge in [0, 0.05) is 41.6 Å². The van der Waals surface area contributed by atoms with Crippen molar-refractivity contribution in [3.63, 3.8) is 0 Å². The third-order valence-corrected chi connectivity index (χ3v) is 4.35. The Bertz CT molecular complexity index is 969. The lowest BCUT2D eigenvalue weighted by molar-refractivity contribution is 0.877. The van der Waals surface area contributed by atoms with Crippen LogP contribution in [0.3, 0.4) is 0 Å². The third-order valence-electron chi connectivity index (χ3n) is 4.35. The zero-order valence-electron chi connectivity index (χ0n) is 14.3. The van der Waals surface area contributed by atoms with Crippen LogP contribution in [0.1, 0.15) is 24.2 Å². The Labute approximate surface area is 147 Å². The number of imidazole rings is 1. The molecule has 1 unspecified atom stereocenters. The molecule has 0 aliphatic rings. The molecule has 4 rings (SSSR count). The van der Waals surface area contributed by atoms with Gasteiger partial charge >= 0.3 is 0 Å². The predicted molar refractivity (Wildman–Crippen MR) is 102 cm³/mol. The summed E-state index contributed by atoms with van der Waals surface area (Å²) in [6.45, 7) is 4.17. The smallest absolute Gasteiger partial charge is 0.137 e. The quantitative estimate of drug-likeness (QED) is 0.580. The highest BCUT2D eigenvalue weighted by Gasteiger charge is 2.07. The molecule has 3 aromatic heterocycles. The van der Waals surface area contributed by atoms with E-state index in [1.807, 2.05) is 41.9 Å². The summed E-state index contributed by atoms with van der Waals surface area (Å²) in [5, 5.41) is 3.54. The molecule has 1 atom stereocenters. The molecule has 0 aliphatic heterocycles. The van der Waals surface area contributed by atoms with Crippen LogP contribution in [0.4, 0.5) is 5.69 Å². The van der Waals surface area contributed by atoms with Gasteiger partial charge in [-0.2, -0.15) is 0 Å². The van der Waals surface area contributed by atoms with E-state index in [1.54, 1.807) is 0 Å². The zero-order chi connectivity index (χ0) is 17.2. The van der Waals surface area contributed by atoms with Gasteiger partial charge in [-0.05, 0) is 55.8 Å². The Hall–Kier alpha value is -3.14. The van der Waals surface area contributed by atoms with Crippen LogP contribution in [0.25, 0.3) is 16.9 Å². The number of aromatic nitrogens is 3. The molecule has 0 bridgehead atoms. The van der Waals surface area contributed by atoms with Crippen molar-refractivity contribution in [1.29, 1.82) is 0 Å². The molecule has 0 amide bonds. The third kappa shape index (κ3) is 3.24. The van der Waals surface area contributed by atoms with Gasteiger partial charge < -0.3 is 9.72 Å². The Balaban J connectivity index is 1.53. The van der Waals surface area contributed by atoms with Crippen molar-refractivity contribution in [2.45, 2.75) is 19.9 Å². The SMILES string of the molecule is Cc1cc(C(C)Nc2ccc(-c3cn4ccccc4n3)cc2)ccn1. The van der Waals surface area contributed by atoms with Crippen molar-refractivity contribution in [3.8, 4) is 11.3 Å². The van der Waals surface area contributed by atoms with E-state index in [0.29, 0.717) is 0 Å². The number of aryl methyl sites for hydroxylation is 1. The maximum atomic E-state index is 4.67. The monoisotopic (exact) mass is 328 g/mol. The van der Waals surface area contributed by atoms with Gasteiger partial charge in [0.2, 0.25) is 0 Å². The molecule has 0 saturated carbocycles. The first kappa shape index (κ1) is 15.4. The summed E-state index contributed by atoms with van der Waals surface area (Å²) in [7, 11) is 0. The maximum Gasteiger partial charge on any atom is 0.137 e. The molecule has 4 aromatic rings. The molecule has 0 fully saturated rings. The molecule has 1 aromatic carbocycles. The van der Waals surface area contributed by atoms with Crippen LogP contribution in [0.15, 0.2) is 73.2 Å². The van der Waals surface area contributed by atoms with Crippen LogP contribution in [-0.2, 0) is 0 Å². The molecule has 0 radical (unpaired) electrons. The average Bonchev–Trinajstić information content (AvgIpc) is 3.06. The van der Waals surface area contributed by atoms with Gasteiger partial charge in [-0.1, -0.05) is 18.2 Å². The van der Waals surface area contributed by atoms with E-state index in [9.17, 15) is 0 Å². The number of nitrogens with one attached hydrogen (secondary N) is 1. The molecule has 3 heterocycles. The molecule has 25 heavy (non-hydrogen) atoms. The van der Waals surface area contributed by atoms with E-state index in [4.69, 9.17) is 0 Å². The molecular formula is C21H20N4. The first-order valence-electron chi connectivity index (χ1n) is 8.42. The number of hydrogen-bond acceptors (Lipinski definition) is 3. The normalized spacial score (nSPS) is 12.2. The fraction of sp³-hybridized carbons (Fsp3) is 0.143. The number of rotatable bonds is 4. The zero-order valence-corrected chi connectivity index (χ0v) is 14.3. The Morgan fingerprint density at radius 1 is 1.04 bits per heavy atom. The van der Waals surface area contributed by atoms with Crippen LogP contribution in [0.2, 0.25) is 0 Å². The van der Waals surface area contributed by atoms with Crippen LogP contribution >= 0.6 is 0 Å². The Morgan fingerprint density at radius 3 is 2.64 bits per heavy atom. The number of nitrogens with zero attached hydrogens (tertiary/aromatic N) is 3. The molecule has 4 heteroatoms. The van der Waals surface area contributed by atoms with E-state index < -0.39 is 0 Å². The average molecular weight is 328 g/mol. The van der Waals surface area contributed by atoms with Crippen molar-refractivity contribution >= 4 is 11.3 Å². The van der Waals surface area contributed by atoms with Gasteiger partial charge in [0.1, 0.15) is 5.65 Å². The molecule has 1 N–H and O–H groups in total. The molecule has 0 spiro atoms. The molecule has 0 aliphatic carbocycles. The second-order valence-corrected chi connectivity index (χ2v) is 6.27. The molecular weight excluding hydrogens is 308 g/mol. The maximum absolute atomic E-state index is 4.67. The lowest BCUT2D eigenvalue weighted by Crippen LogP contribution is -2.06. The van der Waals surface area contributed by atoms with Crippen molar-refractivity contribution in [1.82, 2.24) is 14.4 Å². The van der Waals surface area contributed by atoms with E-state index in [-0.39, 0.29) is 6.04 Å². The Morgan fingerprint density at radius 2 is 1.88 bits per heavy atom. The minimum absolute atomic E-state index is 0.225. The number of pyridine rings is 2. The summed E-state index contributed by atoms with van der Waals surface area (Å²) < 4.78 is 2.04. The fourth-order valence-corrected chi connectivity index (χ4v) is 2.98. The van der Waals surface area contributed by atoms with Gasteiger partial charge in [0.15, 0.2) is 0 Å². The largest absolute Gasteiger partial charge is 0.379 e. The van der Waals surface area contributed by atoms with Gasteiger partial charge in [-0.25, -0.2) is 4.98 Å². The van der Waals surface area contributed by atoms with Crippen LogP contribution in [0, 0.1) is 6.92 Å². The lowest BCUT2D eigenvalue weighted by atomic mass is 10.1. The minimum atomic E-state index is 0.225. The topological polar surface area (TPSA) is 42.2 Å². The minimum Gasteiger partial charge on any atom is -0.379 e. The van der Waals surface area contributed by atoms with Gasteiger partial charge in [0.05, 0.1) is 5.69 Å². The van der Waals surface area contributed by atoms with Gasteiger partial charge in [-0.15, -0.1) is 0 Å². The van der Waals surface area contributed by atoms with E-state index in [2.05, 4.69) is 64.8 Å². The summed E-state index contributed by atoms with van der Waals surface area (Å²) in [6, 6.07) is 18.8. The highest BCUT2D eigenvalue weighted by Crippen LogP contribution is 2.24. The summed E-state index contributed by atoms with van der Waals surface area (Å²) in [5.74, 6) is 0. The number of benzene rings is 1. The van der Waals surface area contributed by atoms with Crippen molar-refractivity contribution in [3.05, 3.63) is 84.4 Å². The lowest BCUT2D eigenvalue weighted by Gasteiger charge is -2.16. The molecule has 124 valence electrons. The number of anilines is 1. The summed E-state index contributed by atoms with van der Waals surface area (Å²) in [4.78, 5) is 8.92. The molecule has 0 saturated heterocycles. The second kappa shape index (κ2) is 6.40. The van der Waals surface area contributed by atoms with Crippen LogP contribution in [-0.4, -0.2) is 14.4 Å². The predicted octanol–water partition coefficient (Wildman–Crippen LogP) is 4.88. The van der Waals surface area contributed by atoms with E-state index in [0.717, 1.165) is 28.3 Å². The van der Waals surface area contributed by atoms with Crippen molar-refractivity contribution < 1.29 is 0 Å². The summed E-state index contributed by atoms with van der Waals surface area (Å²) in [5.41, 5.74) is 6.42. The number of hydrogen-bond donors (Lipinski definition) is 1. The highest BCUT2D eigenvalue weighted by molar-refractivity contribution is 5.65. The van der Waals surface area contributed by atoms with E-state index in [1.165, 1.54) is 5.56 Å². The summed E-state index contributed by atoms with van der Waals surface area (Å²) in [6.07, 6.45) is 5.93. The Kier molecular flexibility index (Phi) is 3.94.